The maximum Gasteiger partial charge on any atom is 0.222 e. The number of nitrogens with zero attached hydrogens (tertiary/aromatic N) is 1. The summed E-state index contributed by atoms with van der Waals surface area (Å²) in [7, 11) is 1.87. The standard InChI is InChI=1S/C11H20N2O/c1-3-4-5-8-12-10-6-7-11(14)13(2)9-10/h3,10,12H,1,4-9H2,2H3. The van der Waals surface area contributed by atoms with Crippen LogP contribution in [0.1, 0.15) is 25.7 Å². The van der Waals surface area contributed by atoms with E-state index < -0.39 is 0 Å². The summed E-state index contributed by atoms with van der Waals surface area (Å²) in [4.78, 5) is 13.0. The van der Waals surface area contributed by atoms with Gasteiger partial charge < -0.3 is 10.2 Å². The molecule has 1 unspecified atom stereocenters. The monoisotopic (exact) mass is 196 g/mol. The highest BCUT2D eigenvalue weighted by atomic mass is 16.2. The zero-order valence-electron chi connectivity index (χ0n) is 8.96. The predicted molar refractivity (Wildman–Crippen MR) is 58.1 cm³/mol. The van der Waals surface area contributed by atoms with Crippen molar-refractivity contribution in [1.29, 1.82) is 0 Å². The summed E-state index contributed by atoms with van der Waals surface area (Å²) in [5.41, 5.74) is 0. The zero-order valence-corrected chi connectivity index (χ0v) is 8.96. The lowest BCUT2D eigenvalue weighted by Crippen LogP contribution is -2.46. The number of allylic oxidation sites excluding steroid dienone is 1. The van der Waals surface area contributed by atoms with E-state index in [-0.39, 0.29) is 5.91 Å². The van der Waals surface area contributed by atoms with Gasteiger partial charge in [-0.1, -0.05) is 6.08 Å². The summed E-state index contributed by atoms with van der Waals surface area (Å²) in [5.74, 6) is 0.272. The Labute approximate surface area is 86.2 Å². The second kappa shape index (κ2) is 5.81. The first-order chi connectivity index (χ1) is 6.74. The third-order valence-corrected chi connectivity index (χ3v) is 2.64. The molecule has 1 rings (SSSR count). The molecule has 1 N–H and O–H groups in total. The average Bonchev–Trinajstić information content (AvgIpc) is 2.18. The van der Waals surface area contributed by atoms with E-state index in [2.05, 4.69) is 11.9 Å². The Morgan fingerprint density at radius 3 is 3.14 bits per heavy atom. The van der Waals surface area contributed by atoms with Crippen LogP contribution in [-0.4, -0.2) is 37.0 Å². The lowest BCUT2D eigenvalue weighted by Gasteiger charge is -2.30. The first kappa shape index (κ1) is 11.2. The molecule has 1 amide bonds. The predicted octanol–water partition coefficient (Wildman–Crippen LogP) is 1.16. The number of amides is 1. The van der Waals surface area contributed by atoms with Gasteiger partial charge in [0.05, 0.1) is 0 Å². The third kappa shape index (κ3) is 3.50. The minimum atomic E-state index is 0.272. The molecule has 0 saturated carbocycles. The Hall–Kier alpha value is -0.830. The molecule has 1 saturated heterocycles. The van der Waals surface area contributed by atoms with Crippen molar-refractivity contribution in [3.63, 3.8) is 0 Å². The van der Waals surface area contributed by atoms with Crippen LogP contribution in [0.5, 0.6) is 0 Å². The normalized spacial score (nSPS) is 22.5. The maximum absolute atomic E-state index is 11.2. The molecule has 1 aliphatic rings. The zero-order chi connectivity index (χ0) is 10.4. The quantitative estimate of drug-likeness (QED) is 0.528. The van der Waals surface area contributed by atoms with Crippen molar-refractivity contribution in [1.82, 2.24) is 10.2 Å². The number of hydrogen-bond donors (Lipinski definition) is 1. The summed E-state index contributed by atoms with van der Waals surface area (Å²) in [6.45, 7) is 5.57. The number of carbonyl (C=O) groups excluding carboxylic acids is 1. The molecule has 80 valence electrons. The molecule has 0 spiro atoms. The lowest BCUT2D eigenvalue weighted by atomic mass is 10.1. The minimum Gasteiger partial charge on any atom is -0.344 e. The molecule has 0 aromatic heterocycles. The van der Waals surface area contributed by atoms with Crippen LogP contribution in [0.25, 0.3) is 0 Å². The van der Waals surface area contributed by atoms with Crippen LogP contribution in [0.2, 0.25) is 0 Å². The van der Waals surface area contributed by atoms with E-state index in [4.69, 9.17) is 0 Å². The average molecular weight is 196 g/mol. The molecule has 0 aliphatic carbocycles. The molecule has 1 atom stereocenters. The molecule has 0 bridgehead atoms. The van der Waals surface area contributed by atoms with Crippen LogP contribution in [0.3, 0.4) is 0 Å². The summed E-state index contributed by atoms with van der Waals surface area (Å²) >= 11 is 0. The van der Waals surface area contributed by atoms with Gasteiger partial charge in [0.25, 0.3) is 0 Å². The number of unbranched alkanes of at least 4 members (excludes halogenated alkanes) is 1. The van der Waals surface area contributed by atoms with Gasteiger partial charge in [0.15, 0.2) is 0 Å². The van der Waals surface area contributed by atoms with E-state index in [1.165, 1.54) is 0 Å². The first-order valence-corrected chi connectivity index (χ1v) is 5.32. The number of rotatable bonds is 5. The Kier molecular flexibility index (Phi) is 4.66. The van der Waals surface area contributed by atoms with E-state index in [0.717, 1.165) is 32.4 Å². The van der Waals surface area contributed by atoms with Crippen molar-refractivity contribution >= 4 is 5.91 Å². The number of nitrogens with one attached hydrogen (secondary N) is 1. The smallest absolute Gasteiger partial charge is 0.222 e. The van der Waals surface area contributed by atoms with Crippen LogP contribution in [0, 0.1) is 0 Å². The van der Waals surface area contributed by atoms with Crippen molar-refractivity contribution in [2.24, 2.45) is 0 Å². The molecule has 14 heavy (non-hydrogen) atoms. The van der Waals surface area contributed by atoms with Gasteiger partial charge in [-0.15, -0.1) is 6.58 Å². The summed E-state index contributed by atoms with van der Waals surface area (Å²) < 4.78 is 0. The van der Waals surface area contributed by atoms with Crippen LogP contribution < -0.4 is 5.32 Å². The van der Waals surface area contributed by atoms with Gasteiger partial charge in [-0.05, 0) is 25.8 Å². The Morgan fingerprint density at radius 2 is 2.50 bits per heavy atom. The summed E-state index contributed by atoms with van der Waals surface area (Å²) in [6, 6.07) is 0.488. The van der Waals surface area contributed by atoms with E-state index in [0.29, 0.717) is 12.5 Å². The van der Waals surface area contributed by atoms with E-state index in [1.807, 2.05) is 18.0 Å². The topological polar surface area (TPSA) is 32.3 Å². The summed E-state index contributed by atoms with van der Waals surface area (Å²) in [5, 5.41) is 3.47. The number of likely N-dealkylation sites (tertiary alicyclic amines) is 1. The largest absolute Gasteiger partial charge is 0.344 e. The van der Waals surface area contributed by atoms with E-state index in [9.17, 15) is 4.79 Å². The second-order valence-electron chi connectivity index (χ2n) is 3.89. The highest BCUT2D eigenvalue weighted by Gasteiger charge is 2.21. The third-order valence-electron chi connectivity index (χ3n) is 2.64. The Balaban J connectivity index is 2.13. The molecule has 3 nitrogen and oxygen atoms in total. The number of likely N-dealkylation sites (N-methyl/N-ethyl adjacent to an activating group) is 1. The molecule has 1 aliphatic heterocycles. The molecule has 1 heterocycles. The minimum absolute atomic E-state index is 0.272. The fraction of sp³-hybridized carbons (Fsp3) is 0.727. The SMILES string of the molecule is C=CCCCNC1CCC(=O)N(C)C1. The van der Waals surface area contributed by atoms with Gasteiger partial charge >= 0.3 is 0 Å². The highest BCUT2D eigenvalue weighted by Crippen LogP contribution is 2.09. The number of carbonyl (C=O) groups is 1. The molecule has 3 heteroatoms. The Morgan fingerprint density at radius 1 is 1.71 bits per heavy atom. The van der Waals surface area contributed by atoms with Crippen LogP contribution in [-0.2, 0) is 4.79 Å². The molecular formula is C11H20N2O. The molecule has 0 aromatic rings. The Bertz CT molecular complexity index is 203. The fourth-order valence-corrected chi connectivity index (χ4v) is 1.73. The van der Waals surface area contributed by atoms with Gasteiger partial charge in [0.1, 0.15) is 0 Å². The van der Waals surface area contributed by atoms with Gasteiger partial charge in [-0.3, -0.25) is 4.79 Å². The lowest BCUT2D eigenvalue weighted by molar-refractivity contribution is -0.132. The van der Waals surface area contributed by atoms with Crippen LogP contribution in [0.4, 0.5) is 0 Å². The van der Waals surface area contributed by atoms with Crippen molar-refractivity contribution in [2.45, 2.75) is 31.7 Å². The molecule has 0 aromatic carbocycles. The highest BCUT2D eigenvalue weighted by molar-refractivity contribution is 5.76. The van der Waals surface area contributed by atoms with Gasteiger partial charge in [0.2, 0.25) is 5.91 Å². The number of piperidine rings is 1. The van der Waals surface area contributed by atoms with E-state index >= 15 is 0 Å². The fourth-order valence-electron chi connectivity index (χ4n) is 1.73. The van der Waals surface area contributed by atoms with Gasteiger partial charge in [-0.25, -0.2) is 0 Å². The van der Waals surface area contributed by atoms with Crippen molar-refractivity contribution in [3.05, 3.63) is 12.7 Å². The van der Waals surface area contributed by atoms with Gasteiger partial charge in [-0.2, -0.15) is 0 Å². The maximum atomic E-state index is 11.2. The van der Waals surface area contributed by atoms with Crippen LogP contribution >= 0.6 is 0 Å². The van der Waals surface area contributed by atoms with E-state index in [1.54, 1.807) is 0 Å². The van der Waals surface area contributed by atoms with Crippen molar-refractivity contribution in [2.75, 3.05) is 20.1 Å². The second-order valence-corrected chi connectivity index (χ2v) is 3.89. The van der Waals surface area contributed by atoms with Gasteiger partial charge in [0, 0.05) is 26.1 Å². The molecule has 1 fully saturated rings. The summed E-state index contributed by atoms with van der Waals surface area (Å²) in [6.07, 6.45) is 5.82. The molecular weight excluding hydrogens is 176 g/mol. The first-order valence-electron chi connectivity index (χ1n) is 5.32. The van der Waals surface area contributed by atoms with Crippen molar-refractivity contribution in [3.8, 4) is 0 Å². The molecule has 0 radical (unpaired) electrons. The van der Waals surface area contributed by atoms with Crippen LogP contribution in [0.15, 0.2) is 12.7 Å². The number of hydrogen-bond acceptors (Lipinski definition) is 2. The van der Waals surface area contributed by atoms with Crippen molar-refractivity contribution < 1.29 is 4.79 Å².